The van der Waals surface area contributed by atoms with E-state index in [0.717, 1.165) is 15.6 Å². The van der Waals surface area contributed by atoms with Gasteiger partial charge in [0.2, 0.25) is 0 Å². The van der Waals surface area contributed by atoms with E-state index in [9.17, 15) is 4.79 Å². The average Bonchev–Trinajstić information content (AvgIpc) is 2.43. The van der Waals surface area contributed by atoms with Gasteiger partial charge in [0.25, 0.3) is 0 Å². The zero-order chi connectivity index (χ0) is 16.3. The number of hydrogen-bond donors (Lipinski definition) is 0. The van der Waals surface area contributed by atoms with E-state index in [1.807, 2.05) is 52.0 Å². The van der Waals surface area contributed by atoms with Gasteiger partial charge in [-0.3, -0.25) is 0 Å². The molecule has 0 bridgehead atoms. The summed E-state index contributed by atoms with van der Waals surface area (Å²) in [4.78, 5) is 12.5. The standard InChI is InChI=1S/C18H19BrO3/c1-11(2)21-17-8-6-14(19)10-15(17)18(20)22-16-7-5-12(3)9-13(16)4/h5-11H,1-4H3. The number of esters is 1. The SMILES string of the molecule is Cc1ccc(OC(=O)c2cc(Br)ccc2OC(C)C)c(C)c1. The maximum atomic E-state index is 12.5. The van der Waals surface area contributed by atoms with Crippen LogP contribution < -0.4 is 9.47 Å². The summed E-state index contributed by atoms with van der Waals surface area (Å²) in [6, 6.07) is 11.0. The molecular formula is C18H19BrO3. The van der Waals surface area contributed by atoms with E-state index in [2.05, 4.69) is 15.9 Å². The van der Waals surface area contributed by atoms with Crippen molar-refractivity contribution in [3.8, 4) is 11.5 Å². The highest BCUT2D eigenvalue weighted by atomic mass is 79.9. The number of carbonyl (C=O) groups is 1. The van der Waals surface area contributed by atoms with Gasteiger partial charge in [-0.1, -0.05) is 33.6 Å². The van der Waals surface area contributed by atoms with Crippen molar-refractivity contribution in [3.05, 3.63) is 57.6 Å². The molecule has 0 fully saturated rings. The Hall–Kier alpha value is -1.81. The Kier molecular flexibility index (Phi) is 5.24. The van der Waals surface area contributed by atoms with Gasteiger partial charge in [0.1, 0.15) is 17.1 Å². The summed E-state index contributed by atoms with van der Waals surface area (Å²) in [5.41, 5.74) is 2.46. The molecule has 3 nitrogen and oxygen atoms in total. The van der Waals surface area contributed by atoms with Gasteiger partial charge in [-0.05, 0) is 57.5 Å². The highest BCUT2D eigenvalue weighted by Crippen LogP contribution is 2.27. The van der Waals surface area contributed by atoms with E-state index in [-0.39, 0.29) is 6.10 Å². The summed E-state index contributed by atoms with van der Waals surface area (Å²) in [7, 11) is 0. The zero-order valence-corrected chi connectivity index (χ0v) is 14.7. The molecule has 0 spiro atoms. The van der Waals surface area contributed by atoms with E-state index in [4.69, 9.17) is 9.47 Å². The van der Waals surface area contributed by atoms with Crippen molar-refractivity contribution in [1.82, 2.24) is 0 Å². The van der Waals surface area contributed by atoms with E-state index in [0.29, 0.717) is 17.1 Å². The van der Waals surface area contributed by atoms with Crippen LogP contribution in [0.3, 0.4) is 0 Å². The topological polar surface area (TPSA) is 35.5 Å². The quantitative estimate of drug-likeness (QED) is 0.562. The van der Waals surface area contributed by atoms with Gasteiger partial charge < -0.3 is 9.47 Å². The van der Waals surface area contributed by atoms with Gasteiger partial charge in [-0.25, -0.2) is 4.79 Å². The largest absolute Gasteiger partial charge is 0.490 e. The second-order valence-corrected chi connectivity index (χ2v) is 6.38. The van der Waals surface area contributed by atoms with Crippen LogP contribution in [-0.2, 0) is 0 Å². The van der Waals surface area contributed by atoms with Crippen LogP contribution in [0.5, 0.6) is 11.5 Å². The summed E-state index contributed by atoms with van der Waals surface area (Å²) in [6.07, 6.45) is -0.0196. The maximum absolute atomic E-state index is 12.5. The van der Waals surface area contributed by atoms with Crippen molar-refractivity contribution in [2.45, 2.75) is 33.8 Å². The van der Waals surface area contributed by atoms with Gasteiger partial charge in [0.15, 0.2) is 0 Å². The van der Waals surface area contributed by atoms with E-state index in [1.165, 1.54) is 0 Å². The van der Waals surface area contributed by atoms with Crippen LogP contribution in [0.4, 0.5) is 0 Å². The number of halogens is 1. The fraction of sp³-hybridized carbons (Fsp3) is 0.278. The third-order valence-electron chi connectivity index (χ3n) is 3.06. The number of rotatable bonds is 4. The minimum Gasteiger partial charge on any atom is -0.490 e. The van der Waals surface area contributed by atoms with Gasteiger partial charge in [-0.2, -0.15) is 0 Å². The molecule has 0 aliphatic rings. The Balaban J connectivity index is 2.30. The molecule has 0 radical (unpaired) electrons. The molecule has 0 aromatic heterocycles. The lowest BCUT2D eigenvalue weighted by atomic mass is 10.1. The molecule has 0 aliphatic heterocycles. The maximum Gasteiger partial charge on any atom is 0.347 e. The van der Waals surface area contributed by atoms with Crippen molar-refractivity contribution >= 4 is 21.9 Å². The molecule has 0 unspecified atom stereocenters. The zero-order valence-electron chi connectivity index (χ0n) is 13.1. The first-order chi connectivity index (χ1) is 10.4. The molecule has 2 aromatic rings. The minimum absolute atomic E-state index is 0.0196. The Morgan fingerprint density at radius 1 is 1.05 bits per heavy atom. The van der Waals surface area contributed by atoms with Crippen LogP contribution in [0.1, 0.15) is 35.3 Å². The van der Waals surface area contributed by atoms with Crippen LogP contribution in [0.15, 0.2) is 40.9 Å². The van der Waals surface area contributed by atoms with Crippen LogP contribution in [0.2, 0.25) is 0 Å². The summed E-state index contributed by atoms with van der Waals surface area (Å²) in [5, 5.41) is 0. The lowest BCUT2D eigenvalue weighted by Crippen LogP contribution is -2.14. The molecule has 0 amide bonds. The Labute approximate surface area is 139 Å². The lowest BCUT2D eigenvalue weighted by Gasteiger charge is -2.14. The molecule has 0 atom stereocenters. The number of aryl methyl sites for hydroxylation is 2. The summed E-state index contributed by atoms with van der Waals surface area (Å²) >= 11 is 3.38. The molecule has 4 heteroatoms. The predicted molar refractivity (Wildman–Crippen MR) is 90.8 cm³/mol. The van der Waals surface area contributed by atoms with Crippen molar-refractivity contribution in [2.24, 2.45) is 0 Å². The summed E-state index contributed by atoms with van der Waals surface area (Å²) < 4.78 is 12.0. The van der Waals surface area contributed by atoms with Crippen LogP contribution >= 0.6 is 15.9 Å². The first-order valence-electron chi connectivity index (χ1n) is 7.12. The van der Waals surface area contributed by atoms with Crippen molar-refractivity contribution in [2.75, 3.05) is 0 Å². The van der Waals surface area contributed by atoms with Gasteiger partial charge >= 0.3 is 5.97 Å². The van der Waals surface area contributed by atoms with Crippen molar-refractivity contribution in [1.29, 1.82) is 0 Å². The van der Waals surface area contributed by atoms with Crippen molar-refractivity contribution < 1.29 is 14.3 Å². The van der Waals surface area contributed by atoms with E-state index < -0.39 is 5.97 Å². The second-order valence-electron chi connectivity index (χ2n) is 5.47. The Morgan fingerprint density at radius 3 is 2.36 bits per heavy atom. The van der Waals surface area contributed by atoms with Crippen LogP contribution in [0, 0.1) is 13.8 Å². The van der Waals surface area contributed by atoms with Crippen molar-refractivity contribution in [3.63, 3.8) is 0 Å². The van der Waals surface area contributed by atoms with Crippen LogP contribution in [-0.4, -0.2) is 12.1 Å². The predicted octanol–water partition coefficient (Wildman–Crippen LogP) is 5.07. The molecular weight excluding hydrogens is 344 g/mol. The normalized spacial score (nSPS) is 10.6. The number of benzene rings is 2. The van der Waals surface area contributed by atoms with E-state index in [1.54, 1.807) is 12.1 Å². The molecule has 0 saturated heterocycles. The Morgan fingerprint density at radius 2 is 1.73 bits per heavy atom. The first kappa shape index (κ1) is 16.6. The number of hydrogen-bond acceptors (Lipinski definition) is 3. The molecule has 116 valence electrons. The molecule has 0 aliphatic carbocycles. The van der Waals surface area contributed by atoms with E-state index >= 15 is 0 Å². The smallest absolute Gasteiger partial charge is 0.347 e. The van der Waals surface area contributed by atoms with Crippen LogP contribution in [0.25, 0.3) is 0 Å². The second kappa shape index (κ2) is 6.97. The summed E-state index contributed by atoms with van der Waals surface area (Å²) in [5.74, 6) is 0.656. The molecule has 2 rings (SSSR count). The van der Waals surface area contributed by atoms with Gasteiger partial charge in [0, 0.05) is 4.47 Å². The fourth-order valence-electron chi connectivity index (χ4n) is 2.09. The fourth-order valence-corrected chi connectivity index (χ4v) is 2.45. The third-order valence-corrected chi connectivity index (χ3v) is 3.55. The molecule has 0 heterocycles. The lowest BCUT2D eigenvalue weighted by molar-refractivity contribution is 0.0727. The number of ether oxygens (including phenoxy) is 2. The molecule has 2 aromatic carbocycles. The molecule has 0 saturated carbocycles. The third kappa shape index (κ3) is 4.10. The monoisotopic (exact) mass is 362 g/mol. The first-order valence-corrected chi connectivity index (χ1v) is 7.91. The minimum atomic E-state index is -0.427. The highest BCUT2D eigenvalue weighted by Gasteiger charge is 2.17. The van der Waals surface area contributed by atoms with Gasteiger partial charge in [0.05, 0.1) is 6.10 Å². The highest BCUT2D eigenvalue weighted by molar-refractivity contribution is 9.10. The molecule has 22 heavy (non-hydrogen) atoms. The summed E-state index contributed by atoms with van der Waals surface area (Å²) in [6.45, 7) is 7.76. The molecule has 0 N–H and O–H groups in total. The number of carbonyl (C=O) groups excluding carboxylic acids is 1. The Bertz CT molecular complexity index is 693. The average molecular weight is 363 g/mol. The van der Waals surface area contributed by atoms with Gasteiger partial charge in [-0.15, -0.1) is 0 Å².